The van der Waals surface area contributed by atoms with Crippen molar-refractivity contribution in [3.8, 4) is 5.69 Å². The van der Waals surface area contributed by atoms with Crippen LogP contribution in [-0.4, -0.2) is 65.1 Å². The molecule has 0 radical (unpaired) electrons. The summed E-state index contributed by atoms with van der Waals surface area (Å²) in [5.74, 6) is -0.0601. The fourth-order valence-electron chi connectivity index (χ4n) is 6.11. The molecule has 0 unspecified atom stereocenters. The number of piperidine rings is 1. The molecule has 1 saturated heterocycles. The molecule has 240 valence electrons. The lowest BCUT2D eigenvalue weighted by molar-refractivity contribution is -0.161. The molecule has 3 N–H and O–H groups in total. The number of nitrogens with zero attached hydrogens (tertiary/aromatic N) is 4. The summed E-state index contributed by atoms with van der Waals surface area (Å²) in [6.07, 6.45) is 7.97. The minimum Gasteiger partial charge on any atom is -0.324 e. The van der Waals surface area contributed by atoms with Crippen LogP contribution >= 0.6 is 12.2 Å². The first-order valence-electron chi connectivity index (χ1n) is 15.1. The number of pyridine rings is 1. The molecule has 2 aromatic carbocycles. The van der Waals surface area contributed by atoms with Gasteiger partial charge >= 0.3 is 0 Å². The number of amides is 2. The summed E-state index contributed by atoms with van der Waals surface area (Å²) in [4.78, 5) is 58.6. The minimum atomic E-state index is -0.644. The standard InChI is InChI=1S/C32H35N7O6S/c1-43-36-31(42)27-18-39(25-11-8-20-4-3-5-23(20)16-25)30-26(29(27)41)17-33-32(35-30)34-24-9-6-21(7-10-24)22-12-14-38(15-13-22)19-28(40)37-46-45-44-2/h6-11,16-18,22H,3-5,12-15,19H2,1-2H3,(H,36,42)(H,37,40)(H,33,34,35). The molecule has 2 aromatic heterocycles. The number of hydrogen-bond acceptors (Lipinski definition) is 11. The topological polar surface area (TPSA) is 149 Å². The summed E-state index contributed by atoms with van der Waals surface area (Å²) in [5.41, 5.74) is 7.48. The van der Waals surface area contributed by atoms with Gasteiger partial charge in [-0.1, -0.05) is 18.2 Å². The summed E-state index contributed by atoms with van der Waals surface area (Å²) in [6.45, 7) is 1.95. The van der Waals surface area contributed by atoms with E-state index < -0.39 is 11.3 Å². The van der Waals surface area contributed by atoms with E-state index in [2.05, 4.69) is 58.9 Å². The second-order valence-corrected chi connectivity index (χ2v) is 11.8. The Morgan fingerprint density at radius 2 is 1.83 bits per heavy atom. The third kappa shape index (κ3) is 7.06. The monoisotopic (exact) mass is 645 g/mol. The van der Waals surface area contributed by atoms with Crippen molar-refractivity contribution >= 4 is 46.7 Å². The number of nitrogens with one attached hydrogen (secondary N) is 3. The van der Waals surface area contributed by atoms with Crippen molar-refractivity contribution in [2.75, 3.05) is 39.2 Å². The summed E-state index contributed by atoms with van der Waals surface area (Å²) in [7, 11) is 2.70. The summed E-state index contributed by atoms with van der Waals surface area (Å²) >= 11 is 0.759. The normalized spacial score (nSPS) is 15.1. The molecule has 2 aliphatic rings. The number of benzene rings is 2. The predicted molar refractivity (Wildman–Crippen MR) is 174 cm³/mol. The van der Waals surface area contributed by atoms with Crippen LogP contribution in [0.5, 0.6) is 0 Å². The zero-order chi connectivity index (χ0) is 32.0. The number of fused-ring (bicyclic) bond motifs is 2. The smallest absolute Gasteiger partial charge is 0.280 e. The minimum absolute atomic E-state index is 0.0699. The number of hydrogen-bond donors (Lipinski definition) is 3. The number of carbonyl (C=O) groups excluding carboxylic acids is 2. The number of rotatable bonds is 11. The van der Waals surface area contributed by atoms with E-state index in [9.17, 15) is 14.4 Å². The number of likely N-dealkylation sites (tertiary alicyclic amines) is 1. The van der Waals surface area contributed by atoms with E-state index in [0.717, 1.165) is 68.8 Å². The van der Waals surface area contributed by atoms with Crippen LogP contribution in [0.1, 0.15) is 52.2 Å². The van der Waals surface area contributed by atoms with Crippen LogP contribution in [0.25, 0.3) is 16.7 Å². The van der Waals surface area contributed by atoms with Crippen LogP contribution in [0, 0.1) is 0 Å². The molecule has 3 heterocycles. The van der Waals surface area contributed by atoms with E-state index in [4.69, 9.17) is 9.82 Å². The van der Waals surface area contributed by atoms with Crippen molar-refractivity contribution in [1.29, 1.82) is 0 Å². The average molecular weight is 646 g/mol. The number of carbonyl (C=O) groups is 2. The molecule has 13 nitrogen and oxygen atoms in total. The second-order valence-electron chi connectivity index (χ2n) is 11.3. The molecule has 2 amide bonds. The van der Waals surface area contributed by atoms with Crippen molar-refractivity contribution in [1.82, 2.24) is 29.6 Å². The van der Waals surface area contributed by atoms with Crippen LogP contribution in [0.4, 0.5) is 11.6 Å². The first-order chi connectivity index (χ1) is 22.4. The molecular formula is C32H35N7O6S. The van der Waals surface area contributed by atoms with Gasteiger partial charge in [-0.25, -0.2) is 15.4 Å². The first kappa shape index (κ1) is 31.6. The summed E-state index contributed by atoms with van der Waals surface area (Å²) in [5, 5.41) is 3.48. The molecule has 46 heavy (non-hydrogen) atoms. The molecule has 1 aliphatic heterocycles. The molecular weight excluding hydrogens is 610 g/mol. The van der Waals surface area contributed by atoms with Gasteiger partial charge in [-0.2, -0.15) is 4.98 Å². The molecule has 14 heteroatoms. The summed E-state index contributed by atoms with van der Waals surface area (Å²) in [6, 6.07) is 14.3. The second kappa shape index (κ2) is 14.4. The lowest BCUT2D eigenvalue weighted by atomic mass is 9.89. The van der Waals surface area contributed by atoms with Crippen molar-refractivity contribution in [2.45, 2.75) is 38.0 Å². The number of aryl methyl sites for hydroxylation is 2. The number of aromatic nitrogens is 3. The van der Waals surface area contributed by atoms with Gasteiger partial charge in [0.15, 0.2) is 17.9 Å². The number of hydroxylamine groups is 1. The Balaban J connectivity index is 1.19. The molecule has 4 aromatic rings. The molecule has 0 atom stereocenters. The maximum Gasteiger partial charge on any atom is 0.280 e. The van der Waals surface area contributed by atoms with E-state index in [-0.39, 0.29) is 16.9 Å². The maximum absolute atomic E-state index is 13.3. The van der Waals surface area contributed by atoms with Crippen LogP contribution in [0.3, 0.4) is 0 Å². The Labute approximate surface area is 269 Å². The van der Waals surface area contributed by atoms with Crippen molar-refractivity contribution in [3.63, 3.8) is 0 Å². The zero-order valence-corrected chi connectivity index (χ0v) is 26.4. The van der Waals surface area contributed by atoms with E-state index in [1.807, 2.05) is 18.2 Å². The van der Waals surface area contributed by atoms with Gasteiger partial charge in [0.05, 0.1) is 26.2 Å². The third-order valence-corrected chi connectivity index (χ3v) is 8.91. The van der Waals surface area contributed by atoms with Gasteiger partial charge in [0.2, 0.25) is 17.3 Å². The Kier molecular flexibility index (Phi) is 9.90. The van der Waals surface area contributed by atoms with Crippen LogP contribution in [-0.2, 0) is 31.7 Å². The number of anilines is 2. The van der Waals surface area contributed by atoms with E-state index >= 15 is 0 Å². The van der Waals surface area contributed by atoms with Crippen LogP contribution in [0.2, 0.25) is 0 Å². The Hall–Kier alpha value is -4.34. The van der Waals surface area contributed by atoms with Crippen molar-refractivity contribution < 1.29 is 23.6 Å². The highest BCUT2D eigenvalue weighted by Gasteiger charge is 2.23. The Bertz CT molecular complexity index is 1790. The fourth-order valence-corrected chi connectivity index (χ4v) is 6.37. The van der Waals surface area contributed by atoms with E-state index in [0.29, 0.717) is 24.1 Å². The van der Waals surface area contributed by atoms with Gasteiger partial charge in [0.25, 0.3) is 5.91 Å². The van der Waals surface area contributed by atoms with Crippen molar-refractivity contribution in [2.24, 2.45) is 0 Å². The highest BCUT2D eigenvalue weighted by molar-refractivity contribution is 7.93. The van der Waals surface area contributed by atoms with Gasteiger partial charge in [0.1, 0.15) is 5.56 Å². The van der Waals surface area contributed by atoms with Gasteiger partial charge in [-0.3, -0.25) is 28.8 Å². The zero-order valence-electron chi connectivity index (χ0n) is 25.6. The van der Waals surface area contributed by atoms with Gasteiger partial charge in [-0.05, 0) is 92.1 Å². The Morgan fingerprint density at radius 1 is 1.04 bits per heavy atom. The SMILES string of the molecule is CONC(=O)c1cn(-c2ccc3c(c2)CCC3)c2nc(Nc3ccc(C4CCN(CC(=O)NSOOC)CC4)cc3)ncc2c1=O. The highest BCUT2D eigenvalue weighted by Crippen LogP contribution is 2.30. The molecule has 1 fully saturated rings. The molecule has 0 saturated carbocycles. The maximum atomic E-state index is 13.3. The highest BCUT2D eigenvalue weighted by atomic mass is 32.2. The molecule has 1 aliphatic carbocycles. The predicted octanol–water partition coefficient (Wildman–Crippen LogP) is 3.74. The first-order valence-corrected chi connectivity index (χ1v) is 15.8. The van der Waals surface area contributed by atoms with Gasteiger partial charge < -0.3 is 9.88 Å². The Morgan fingerprint density at radius 3 is 2.59 bits per heavy atom. The average Bonchev–Trinajstić information content (AvgIpc) is 3.54. The summed E-state index contributed by atoms with van der Waals surface area (Å²) < 4.78 is 8.96. The fraction of sp³-hybridized carbons (Fsp3) is 0.344. The van der Waals surface area contributed by atoms with Crippen molar-refractivity contribution in [3.05, 3.63) is 87.3 Å². The van der Waals surface area contributed by atoms with Crippen LogP contribution in [0.15, 0.2) is 59.7 Å². The largest absolute Gasteiger partial charge is 0.324 e. The van der Waals surface area contributed by atoms with Crippen LogP contribution < -0.4 is 20.9 Å². The third-order valence-electron chi connectivity index (χ3n) is 8.39. The molecule has 0 bridgehead atoms. The van der Waals surface area contributed by atoms with E-state index in [1.54, 1.807) is 4.57 Å². The van der Waals surface area contributed by atoms with Gasteiger partial charge in [-0.15, -0.1) is 4.33 Å². The lowest BCUT2D eigenvalue weighted by Gasteiger charge is -2.31. The lowest BCUT2D eigenvalue weighted by Crippen LogP contribution is -2.39. The van der Waals surface area contributed by atoms with E-state index in [1.165, 1.54) is 43.3 Å². The quantitative estimate of drug-likeness (QED) is 0.0720. The molecule has 6 rings (SSSR count). The van der Waals surface area contributed by atoms with Gasteiger partial charge in [0, 0.05) is 23.8 Å². The molecule has 0 spiro atoms.